The van der Waals surface area contributed by atoms with Crippen LogP contribution in [0.1, 0.15) is 50.0 Å². The summed E-state index contributed by atoms with van der Waals surface area (Å²) in [7, 11) is 0. The Morgan fingerprint density at radius 2 is 1.78 bits per heavy atom. The molecule has 0 saturated heterocycles. The first-order chi connectivity index (χ1) is 8.75. The van der Waals surface area contributed by atoms with Crippen molar-refractivity contribution < 1.29 is 0 Å². The molecule has 5 heteroatoms. The van der Waals surface area contributed by atoms with Crippen LogP contribution in [0.15, 0.2) is 12.1 Å². The second-order valence-corrected chi connectivity index (χ2v) is 5.10. The summed E-state index contributed by atoms with van der Waals surface area (Å²) in [4.78, 5) is 4.13. The van der Waals surface area contributed by atoms with Gasteiger partial charge in [0, 0.05) is 0 Å². The molecule has 4 N–H and O–H groups in total. The Morgan fingerprint density at radius 3 is 2.50 bits per heavy atom. The molecule has 0 bridgehead atoms. The standard InChI is InChI=1S/C13H19N5/c14-12-10(9-5-3-1-2-4-6-9)7-8-11-16-13(15)17-18(11)12/h7-9H,1-6,14H2,(H2,15,17). The lowest BCUT2D eigenvalue weighted by Gasteiger charge is -2.16. The van der Waals surface area contributed by atoms with Gasteiger partial charge in [0.1, 0.15) is 5.82 Å². The lowest BCUT2D eigenvalue weighted by molar-refractivity contribution is 0.591. The van der Waals surface area contributed by atoms with Crippen molar-refractivity contribution in [2.75, 3.05) is 11.5 Å². The lowest BCUT2D eigenvalue weighted by atomic mass is 9.92. The third kappa shape index (κ3) is 1.89. The summed E-state index contributed by atoms with van der Waals surface area (Å²) in [5, 5.41) is 4.15. The van der Waals surface area contributed by atoms with Crippen LogP contribution in [-0.2, 0) is 0 Å². The predicted molar refractivity (Wildman–Crippen MR) is 72.3 cm³/mol. The maximum atomic E-state index is 6.22. The molecule has 96 valence electrons. The van der Waals surface area contributed by atoms with Gasteiger partial charge in [0.05, 0.1) is 0 Å². The van der Waals surface area contributed by atoms with E-state index in [1.807, 2.05) is 6.07 Å². The zero-order valence-corrected chi connectivity index (χ0v) is 10.5. The van der Waals surface area contributed by atoms with Crippen LogP contribution in [0.5, 0.6) is 0 Å². The summed E-state index contributed by atoms with van der Waals surface area (Å²) in [6.07, 6.45) is 7.72. The van der Waals surface area contributed by atoms with E-state index in [0.29, 0.717) is 11.7 Å². The highest BCUT2D eigenvalue weighted by Gasteiger charge is 2.18. The van der Waals surface area contributed by atoms with Crippen molar-refractivity contribution in [3.8, 4) is 0 Å². The molecule has 1 fully saturated rings. The molecule has 18 heavy (non-hydrogen) atoms. The van der Waals surface area contributed by atoms with Crippen molar-refractivity contribution in [3.05, 3.63) is 17.7 Å². The highest BCUT2D eigenvalue weighted by atomic mass is 15.3. The minimum absolute atomic E-state index is 0.278. The van der Waals surface area contributed by atoms with Gasteiger partial charge in [-0.15, -0.1) is 5.10 Å². The molecule has 2 heterocycles. The molecule has 0 unspecified atom stereocenters. The molecule has 0 aromatic carbocycles. The number of pyridine rings is 1. The van der Waals surface area contributed by atoms with E-state index >= 15 is 0 Å². The first-order valence-electron chi connectivity index (χ1n) is 6.66. The Hall–Kier alpha value is -1.78. The SMILES string of the molecule is Nc1nc2ccc(C3CCCCCC3)c(N)n2n1. The van der Waals surface area contributed by atoms with Gasteiger partial charge in [0.15, 0.2) is 5.65 Å². The molecule has 0 amide bonds. The molecule has 0 aliphatic heterocycles. The van der Waals surface area contributed by atoms with Crippen molar-refractivity contribution in [1.82, 2.24) is 14.6 Å². The minimum Gasteiger partial charge on any atom is -0.383 e. The zero-order valence-electron chi connectivity index (χ0n) is 10.5. The van der Waals surface area contributed by atoms with Crippen LogP contribution in [-0.4, -0.2) is 14.6 Å². The van der Waals surface area contributed by atoms with E-state index in [2.05, 4.69) is 16.1 Å². The number of rotatable bonds is 1. The topological polar surface area (TPSA) is 82.2 Å². The lowest BCUT2D eigenvalue weighted by Crippen LogP contribution is -2.08. The number of aromatic nitrogens is 3. The van der Waals surface area contributed by atoms with Crippen LogP contribution in [0.3, 0.4) is 0 Å². The third-order valence-electron chi connectivity index (χ3n) is 3.88. The van der Waals surface area contributed by atoms with Crippen molar-refractivity contribution in [1.29, 1.82) is 0 Å². The van der Waals surface area contributed by atoms with E-state index in [0.717, 1.165) is 5.65 Å². The van der Waals surface area contributed by atoms with Crippen molar-refractivity contribution in [3.63, 3.8) is 0 Å². The van der Waals surface area contributed by atoms with Crippen LogP contribution in [0.4, 0.5) is 11.8 Å². The highest BCUT2D eigenvalue weighted by Crippen LogP contribution is 2.34. The number of nitrogens with two attached hydrogens (primary N) is 2. The van der Waals surface area contributed by atoms with Gasteiger partial charge in [-0.1, -0.05) is 31.7 Å². The van der Waals surface area contributed by atoms with Crippen molar-refractivity contribution in [2.24, 2.45) is 0 Å². The Morgan fingerprint density at radius 1 is 1.06 bits per heavy atom. The molecular formula is C13H19N5. The average Bonchev–Trinajstić information content (AvgIpc) is 2.59. The van der Waals surface area contributed by atoms with Gasteiger partial charge in [-0.05, 0) is 30.4 Å². The Labute approximate surface area is 106 Å². The number of hydrogen-bond acceptors (Lipinski definition) is 4. The monoisotopic (exact) mass is 245 g/mol. The fourth-order valence-electron chi connectivity index (χ4n) is 2.93. The molecule has 0 radical (unpaired) electrons. The second-order valence-electron chi connectivity index (χ2n) is 5.10. The summed E-state index contributed by atoms with van der Waals surface area (Å²) in [5.74, 6) is 1.53. The summed E-state index contributed by atoms with van der Waals surface area (Å²) >= 11 is 0. The summed E-state index contributed by atoms with van der Waals surface area (Å²) in [6, 6.07) is 4.05. The third-order valence-corrected chi connectivity index (χ3v) is 3.88. The van der Waals surface area contributed by atoms with Gasteiger partial charge in [0.25, 0.3) is 0 Å². The van der Waals surface area contributed by atoms with Crippen LogP contribution < -0.4 is 11.5 Å². The first kappa shape index (κ1) is 11.3. The van der Waals surface area contributed by atoms with E-state index in [4.69, 9.17) is 11.5 Å². The maximum absolute atomic E-state index is 6.22. The predicted octanol–water partition coefficient (Wildman–Crippen LogP) is 2.33. The maximum Gasteiger partial charge on any atom is 0.240 e. The van der Waals surface area contributed by atoms with Gasteiger partial charge in [0.2, 0.25) is 5.95 Å². The number of hydrogen-bond donors (Lipinski definition) is 2. The summed E-state index contributed by atoms with van der Waals surface area (Å²) < 4.78 is 1.66. The number of fused-ring (bicyclic) bond motifs is 1. The van der Waals surface area contributed by atoms with Crippen molar-refractivity contribution >= 4 is 17.4 Å². The molecule has 1 saturated carbocycles. The highest BCUT2D eigenvalue weighted by molar-refractivity contribution is 5.54. The van der Waals surface area contributed by atoms with E-state index in [1.165, 1.54) is 44.1 Å². The number of anilines is 2. The van der Waals surface area contributed by atoms with Gasteiger partial charge < -0.3 is 11.5 Å². The van der Waals surface area contributed by atoms with Gasteiger partial charge in [-0.3, -0.25) is 0 Å². The number of nitrogen functional groups attached to an aromatic ring is 2. The summed E-state index contributed by atoms with van der Waals surface area (Å²) in [5.41, 5.74) is 13.8. The summed E-state index contributed by atoms with van der Waals surface area (Å²) in [6.45, 7) is 0. The molecule has 2 aromatic heterocycles. The van der Waals surface area contributed by atoms with Crippen LogP contribution in [0.25, 0.3) is 5.65 Å². The van der Waals surface area contributed by atoms with Gasteiger partial charge >= 0.3 is 0 Å². The normalized spacial score (nSPS) is 18.0. The van der Waals surface area contributed by atoms with Crippen LogP contribution in [0.2, 0.25) is 0 Å². The Bertz CT molecular complexity index is 552. The van der Waals surface area contributed by atoms with E-state index in [-0.39, 0.29) is 5.95 Å². The van der Waals surface area contributed by atoms with E-state index in [1.54, 1.807) is 4.52 Å². The van der Waals surface area contributed by atoms with Gasteiger partial charge in [-0.25, -0.2) is 0 Å². The molecular weight excluding hydrogens is 226 g/mol. The molecule has 5 nitrogen and oxygen atoms in total. The van der Waals surface area contributed by atoms with Crippen LogP contribution in [0, 0.1) is 0 Å². The largest absolute Gasteiger partial charge is 0.383 e. The molecule has 1 aliphatic rings. The minimum atomic E-state index is 0.278. The molecule has 1 aliphatic carbocycles. The molecule has 2 aromatic rings. The molecule has 0 spiro atoms. The number of nitrogens with zero attached hydrogens (tertiary/aromatic N) is 3. The van der Waals surface area contributed by atoms with E-state index in [9.17, 15) is 0 Å². The van der Waals surface area contributed by atoms with Gasteiger partial charge in [-0.2, -0.15) is 9.50 Å². The zero-order chi connectivity index (χ0) is 12.5. The molecule has 0 atom stereocenters. The van der Waals surface area contributed by atoms with Crippen LogP contribution >= 0.6 is 0 Å². The quantitative estimate of drug-likeness (QED) is 0.755. The average molecular weight is 245 g/mol. The molecule has 3 rings (SSSR count). The first-order valence-corrected chi connectivity index (χ1v) is 6.66. The fourth-order valence-corrected chi connectivity index (χ4v) is 2.93. The fraction of sp³-hybridized carbons (Fsp3) is 0.538. The van der Waals surface area contributed by atoms with Crippen molar-refractivity contribution in [2.45, 2.75) is 44.4 Å². The Kier molecular flexibility index (Phi) is 2.81. The smallest absolute Gasteiger partial charge is 0.240 e. The second kappa shape index (κ2) is 4.48. The van der Waals surface area contributed by atoms with E-state index < -0.39 is 0 Å². The Balaban J connectivity index is 2.02.